The molecule has 25 heavy (non-hydrogen) atoms. The maximum absolute atomic E-state index is 10.6. The van der Waals surface area contributed by atoms with Gasteiger partial charge in [-0.2, -0.15) is 0 Å². The molecular weight excluding hydrogens is 308 g/mol. The highest BCUT2D eigenvalue weighted by Crippen LogP contribution is 2.61. The topological polar surface area (TPSA) is 40.5 Å². The molecule has 0 aromatic heterocycles. The summed E-state index contributed by atoms with van der Waals surface area (Å²) >= 11 is 0. The molecule has 0 bridgehead atoms. The van der Waals surface area contributed by atoms with E-state index in [0.29, 0.717) is 23.5 Å². The summed E-state index contributed by atoms with van der Waals surface area (Å²) in [5.74, 6) is 2.11. The molecular formula is C23H32O2. The van der Waals surface area contributed by atoms with Crippen molar-refractivity contribution >= 4 is 5.57 Å². The normalized spacial score (nSPS) is 36.4. The molecule has 2 saturated carbocycles. The van der Waals surface area contributed by atoms with Crippen molar-refractivity contribution in [2.24, 2.45) is 17.3 Å². The number of hydrogen-bond donors (Lipinski definition) is 2. The van der Waals surface area contributed by atoms with Crippen LogP contribution >= 0.6 is 0 Å². The van der Waals surface area contributed by atoms with Gasteiger partial charge in [0.1, 0.15) is 5.75 Å². The Balaban J connectivity index is 1.72. The summed E-state index contributed by atoms with van der Waals surface area (Å²) in [5.41, 5.74) is 4.27. The number of phenols is 1. The molecule has 136 valence electrons. The van der Waals surface area contributed by atoms with Gasteiger partial charge in [0, 0.05) is 0 Å². The van der Waals surface area contributed by atoms with Crippen LogP contribution in [0.3, 0.4) is 0 Å². The van der Waals surface area contributed by atoms with Crippen molar-refractivity contribution in [3.63, 3.8) is 0 Å². The van der Waals surface area contributed by atoms with E-state index in [9.17, 15) is 10.2 Å². The van der Waals surface area contributed by atoms with E-state index >= 15 is 0 Å². The summed E-state index contributed by atoms with van der Waals surface area (Å²) in [4.78, 5) is 0. The maximum Gasteiger partial charge on any atom is 0.116 e. The minimum Gasteiger partial charge on any atom is -0.508 e. The Morgan fingerprint density at radius 3 is 2.80 bits per heavy atom. The SMILES string of the molecule is CCCCCC1=C[C@@H]2[C@H](CC[C@]3(C)[C@@H](O)CC[C@@H]23)c2ccc(O)cc21. The lowest BCUT2D eigenvalue weighted by atomic mass is 9.56. The molecule has 3 aliphatic rings. The molecule has 1 aromatic carbocycles. The Kier molecular flexibility index (Phi) is 4.43. The number of benzene rings is 1. The van der Waals surface area contributed by atoms with E-state index in [2.05, 4.69) is 26.0 Å². The van der Waals surface area contributed by atoms with Crippen molar-refractivity contribution in [1.29, 1.82) is 0 Å². The van der Waals surface area contributed by atoms with Crippen LogP contribution in [0.2, 0.25) is 0 Å². The third-order valence-corrected chi connectivity index (χ3v) is 7.51. The molecule has 0 saturated heterocycles. The highest BCUT2D eigenvalue weighted by Gasteiger charge is 2.54. The van der Waals surface area contributed by atoms with Crippen LogP contribution in [0.15, 0.2) is 24.3 Å². The lowest BCUT2D eigenvalue weighted by Gasteiger charge is -2.49. The van der Waals surface area contributed by atoms with Crippen LogP contribution < -0.4 is 0 Å². The first kappa shape index (κ1) is 17.1. The number of phenolic OH excluding ortho intramolecular Hbond substituents is 1. The highest BCUT2D eigenvalue weighted by atomic mass is 16.3. The largest absolute Gasteiger partial charge is 0.508 e. The Hall–Kier alpha value is -1.28. The van der Waals surface area contributed by atoms with Gasteiger partial charge in [-0.05, 0) is 90.5 Å². The second kappa shape index (κ2) is 6.46. The number of aliphatic hydroxyl groups excluding tert-OH is 1. The molecule has 2 fully saturated rings. The van der Waals surface area contributed by atoms with E-state index < -0.39 is 0 Å². The van der Waals surface area contributed by atoms with E-state index in [1.165, 1.54) is 36.0 Å². The second-order valence-corrected chi connectivity index (χ2v) is 8.85. The Morgan fingerprint density at radius 1 is 1.16 bits per heavy atom. The lowest BCUT2D eigenvalue weighted by Crippen LogP contribution is -2.42. The average Bonchev–Trinajstić information content (AvgIpc) is 2.90. The quantitative estimate of drug-likeness (QED) is 0.696. The molecule has 3 aliphatic carbocycles. The van der Waals surface area contributed by atoms with Gasteiger partial charge < -0.3 is 10.2 Å². The number of rotatable bonds is 4. The molecule has 2 nitrogen and oxygen atoms in total. The zero-order valence-corrected chi connectivity index (χ0v) is 15.7. The molecule has 1 aromatic rings. The highest BCUT2D eigenvalue weighted by molar-refractivity contribution is 5.73. The summed E-state index contributed by atoms with van der Waals surface area (Å²) in [7, 11) is 0. The predicted molar refractivity (Wildman–Crippen MR) is 103 cm³/mol. The second-order valence-electron chi connectivity index (χ2n) is 8.85. The predicted octanol–water partition coefficient (Wildman–Crippen LogP) is 5.64. The zero-order chi connectivity index (χ0) is 17.6. The van der Waals surface area contributed by atoms with Gasteiger partial charge in [-0.15, -0.1) is 0 Å². The van der Waals surface area contributed by atoms with Gasteiger partial charge >= 0.3 is 0 Å². The van der Waals surface area contributed by atoms with Gasteiger partial charge in [0.15, 0.2) is 0 Å². The number of aromatic hydroxyl groups is 1. The first-order valence-corrected chi connectivity index (χ1v) is 10.3. The van der Waals surface area contributed by atoms with Crippen molar-refractivity contribution in [2.75, 3.05) is 0 Å². The molecule has 0 spiro atoms. The fourth-order valence-corrected chi connectivity index (χ4v) is 6.01. The number of allylic oxidation sites excluding steroid dienone is 2. The van der Waals surface area contributed by atoms with E-state index in [4.69, 9.17) is 0 Å². The molecule has 0 radical (unpaired) electrons. The van der Waals surface area contributed by atoms with E-state index in [-0.39, 0.29) is 11.5 Å². The summed E-state index contributed by atoms with van der Waals surface area (Å²) < 4.78 is 0. The molecule has 4 rings (SSSR count). The van der Waals surface area contributed by atoms with Crippen molar-refractivity contribution in [2.45, 2.75) is 77.2 Å². The van der Waals surface area contributed by atoms with Crippen LogP contribution in [-0.2, 0) is 0 Å². The molecule has 0 amide bonds. The van der Waals surface area contributed by atoms with Crippen LogP contribution in [0, 0.1) is 17.3 Å². The lowest BCUT2D eigenvalue weighted by molar-refractivity contribution is -0.00812. The number of aliphatic hydroxyl groups is 1. The van der Waals surface area contributed by atoms with Crippen molar-refractivity contribution < 1.29 is 10.2 Å². The molecule has 0 heterocycles. The fourth-order valence-electron chi connectivity index (χ4n) is 6.01. The summed E-state index contributed by atoms with van der Waals surface area (Å²) in [6.45, 7) is 4.57. The molecule has 5 atom stereocenters. The average molecular weight is 341 g/mol. The molecule has 2 N–H and O–H groups in total. The fraction of sp³-hybridized carbons (Fsp3) is 0.652. The van der Waals surface area contributed by atoms with Gasteiger partial charge in [-0.3, -0.25) is 0 Å². The van der Waals surface area contributed by atoms with Crippen LogP contribution in [0.25, 0.3) is 5.57 Å². The summed E-state index contributed by atoms with van der Waals surface area (Å²) in [5, 5.41) is 20.6. The molecule has 0 unspecified atom stereocenters. The number of hydrogen-bond acceptors (Lipinski definition) is 2. The minimum absolute atomic E-state index is 0.0978. The van der Waals surface area contributed by atoms with E-state index in [1.807, 2.05) is 12.1 Å². The Labute approximate surface area is 152 Å². The van der Waals surface area contributed by atoms with Gasteiger partial charge in [0.25, 0.3) is 0 Å². The standard InChI is InChI=1S/C23H32O2/c1-3-4-5-6-15-13-20-18(17-8-7-16(24)14-19(15)17)11-12-23(2)21(20)9-10-22(23)25/h7-8,13-14,18,20-22,24-25H,3-6,9-12H2,1-2H3/t18-,20-,21+,22+,23+/m1/s1. The van der Waals surface area contributed by atoms with Crippen molar-refractivity contribution in [3.05, 3.63) is 35.4 Å². The molecule has 2 heteroatoms. The maximum atomic E-state index is 10.6. The summed E-state index contributed by atoms with van der Waals surface area (Å²) in [6, 6.07) is 6.02. The van der Waals surface area contributed by atoms with Gasteiger partial charge in [-0.1, -0.05) is 38.8 Å². The van der Waals surface area contributed by atoms with Gasteiger partial charge in [0.2, 0.25) is 0 Å². The Bertz CT molecular complexity index is 677. The number of fused-ring (bicyclic) bond motifs is 5. The Morgan fingerprint density at radius 2 is 2.00 bits per heavy atom. The van der Waals surface area contributed by atoms with Crippen molar-refractivity contribution in [3.8, 4) is 5.75 Å². The third kappa shape index (κ3) is 2.73. The zero-order valence-electron chi connectivity index (χ0n) is 15.7. The summed E-state index contributed by atoms with van der Waals surface area (Å²) in [6.07, 6.45) is 11.7. The van der Waals surface area contributed by atoms with E-state index in [0.717, 1.165) is 32.1 Å². The van der Waals surface area contributed by atoms with Crippen LogP contribution in [0.1, 0.15) is 82.3 Å². The first-order chi connectivity index (χ1) is 12.0. The number of unbranched alkanes of at least 4 members (excludes halogenated alkanes) is 2. The van der Waals surface area contributed by atoms with Crippen LogP contribution in [0.5, 0.6) is 5.75 Å². The van der Waals surface area contributed by atoms with Crippen LogP contribution in [-0.4, -0.2) is 16.3 Å². The van der Waals surface area contributed by atoms with Crippen LogP contribution in [0.4, 0.5) is 0 Å². The van der Waals surface area contributed by atoms with Gasteiger partial charge in [-0.25, -0.2) is 0 Å². The van der Waals surface area contributed by atoms with Crippen molar-refractivity contribution in [1.82, 2.24) is 0 Å². The third-order valence-electron chi connectivity index (χ3n) is 7.51. The monoisotopic (exact) mass is 340 g/mol. The van der Waals surface area contributed by atoms with Gasteiger partial charge in [0.05, 0.1) is 6.10 Å². The minimum atomic E-state index is -0.128. The first-order valence-electron chi connectivity index (χ1n) is 10.3. The van der Waals surface area contributed by atoms with E-state index in [1.54, 1.807) is 0 Å². The smallest absolute Gasteiger partial charge is 0.116 e. The molecule has 0 aliphatic heterocycles.